The first kappa shape index (κ1) is 17.2. The summed E-state index contributed by atoms with van der Waals surface area (Å²) in [5, 5.41) is 7.00. The summed E-state index contributed by atoms with van der Waals surface area (Å²) in [5.74, 6) is 0. The molecule has 0 heterocycles. The van der Waals surface area contributed by atoms with Crippen molar-refractivity contribution in [2.24, 2.45) is 0 Å². The molecule has 0 atom stereocenters. The minimum Gasteiger partial charge on any atom is -0.400 e. The van der Waals surface area contributed by atoms with Gasteiger partial charge in [0.1, 0.15) is 0 Å². The van der Waals surface area contributed by atoms with Crippen molar-refractivity contribution in [3.8, 4) is 0 Å². The molecular formula is C10H26O. The van der Waals surface area contributed by atoms with E-state index in [-0.39, 0.29) is 0 Å². The van der Waals surface area contributed by atoms with Gasteiger partial charge in [0.25, 0.3) is 0 Å². The molecule has 0 saturated carbocycles. The number of aliphatic hydroxyl groups excluding tert-OH is 1. The lowest BCUT2D eigenvalue weighted by Gasteiger charge is -1.90. The number of rotatable bonds is 4. The fourth-order valence-electron chi connectivity index (χ4n) is 0.677. The highest BCUT2D eigenvalue weighted by Gasteiger charge is 1.80. The monoisotopic (exact) mass is 162 g/mol. The van der Waals surface area contributed by atoms with Crippen molar-refractivity contribution in [1.29, 1.82) is 0 Å². The van der Waals surface area contributed by atoms with Crippen molar-refractivity contribution in [3.05, 3.63) is 0 Å². The zero-order chi connectivity index (χ0) is 9.54. The molecule has 0 aliphatic heterocycles. The lowest BCUT2D eigenvalue weighted by atomic mass is 10.2. The van der Waals surface area contributed by atoms with Gasteiger partial charge < -0.3 is 5.11 Å². The van der Waals surface area contributed by atoms with Crippen LogP contribution >= 0.6 is 0 Å². The van der Waals surface area contributed by atoms with Crippen LogP contribution in [0.2, 0.25) is 0 Å². The Morgan fingerprint density at radius 3 is 1.18 bits per heavy atom. The second-order valence-corrected chi connectivity index (χ2v) is 2.06. The number of unbranched alkanes of at least 4 members (excludes halogenated alkanes) is 4. The van der Waals surface area contributed by atoms with Gasteiger partial charge >= 0.3 is 0 Å². The fourth-order valence-corrected chi connectivity index (χ4v) is 0.677. The summed E-state index contributed by atoms with van der Waals surface area (Å²) in [6, 6.07) is 0. The Morgan fingerprint density at radius 1 is 0.727 bits per heavy atom. The summed E-state index contributed by atoms with van der Waals surface area (Å²) in [7, 11) is 1.00. The van der Waals surface area contributed by atoms with E-state index in [9.17, 15) is 0 Å². The Balaban J connectivity index is -0.000000138. The van der Waals surface area contributed by atoms with Crippen molar-refractivity contribution >= 4 is 0 Å². The lowest BCUT2D eigenvalue weighted by Crippen LogP contribution is -1.70. The largest absolute Gasteiger partial charge is 0.400 e. The van der Waals surface area contributed by atoms with Crippen LogP contribution in [0.1, 0.15) is 59.8 Å². The third-order valence-corrected chi connectivity index (χ3v) is 1.21. The van der Waals surface area contributed by atoms with Crippen LogP contribution < -0.4 is 0 Å². The topological polar surface area (TPSA) is 20.2 Å². The van der Waals surface area contributed by atoms with Crippen LogP contribution in [0.5, 0.6) is 0 Å². The Bertz CT molecular complexity index is 24.1. The maximum atomic E-state index is 7.00. The van der Waals surface area contributed by atoms with Crippen LogP contribution in [0.3, 0.4) is 0 Å². The number of hydrogen-bond donors (Lipinski definition) is 1. The minimum absolute atomic E-state index is 1.00. The molecule has 0 rings (SSSR count). The first-order chi connectivity index (χ1) is 5.41. The summed E-state index contributed by atoms with van der Waals surface area (Å²) in [6.45, 7) is 8.49. The van der Waals surface area contributed by atoms with Crippen LogP contribution in [0.4, 0.5) is 0 Å². The maximum Gasteiger partial charge on any atom is 0.0319 e. The van der Waals surface area contributed by atoms with Gasteiger partial charge in [-0.15, -0.1) is 0 Å². The van der Waals surface area contributed by atoms with Crippen molar-refractivity contribution in [2.75, 3.05) is 7.11 Å². The molecule has 0 aliphatic carbocycles. The number of aliphatic hydroxyl groups is 1. The van der Waals surface area contributed by atoms with E-state index in [0.29, 0.717) is 0 Å². The predicted octanol–water partition coefficient (Wildman–Crippen LogP) is 3.61. The summed E-state index contributed by atoms with van der Waals surface area (Å²) < 4.78 is 0. The first-order valence-corrected chi connectivity index (χ1v) is 4.86. The predicted molar refractivity (Wildman–Crippen MR) is 53.9 cm³/mol. The van der Waals surface area contributed by atoms with Crippen LogP contribution in [0.15, 0.2) is 0 Å². The van der Waals surface area contributed by atoms with Crippen molar-refractivity contribution in [2.45, 2.75) is 59.8 Å². The summed E-state index contributed by atoms with van der Waals surface area (Å²) >= 11 is 0. The molecule has 0 spiro atoms. The quantitative estimate of drug-likeness (QED) is 0.626. The SMILES string of the molecule is CC.CCCCCCC.CO. The van der Waals surface area contributed by atoms with Gasteiger partial charge in [0, 0.05) is 7.11 Å². The van der Waals surface area contributed by atoms with Gasteiger partial charge in [0.2, 0.25) is 0 Å². The van der Waals surface area contributed by atoms with Crippen LogP contribution in [-0.4, -0.2) is 12.2 Å². The second-order valence-electron chi connectivity index (χ2n) is 2.06. The molecule has 72 valence electrons. The lowest BCUT2D eigenvalue weighted by molar-refractivity contribution is 0.399. The molecule has 0 aromatic rings. The molecular weight excluding hydrogens is 136 g/mol. The molecule has 0 aromatic heterocycles. The van der Waals surface area contributed by atoms with Gasteiger partial charge in [0.05, 0.1) is 0 Å². The molecule has 0 aromatic carbocycles. The molecule has 0 bridgehead atoms. The average molecular weight is 162 g/mol. The molecule has 0 fully saturated rings. The van der Waals surface area contributed by atoms with Crippen molar-refractivity contribution in [1.82, 2.24) is 0 Å². The summed E-state index contributed by atoms with van der Waals surface area (Å²) in [4.78, 5) is 0. The minimum atomic E-state index is 1.00. The molecule has 0 amide bonds. The molecule has 1 N–H and O–H groups in total. The van der Waals surface area contributed by atoms with E-state index in [0.717, 1.165) is 7.11 Å². The molecule has 0 aliphatic rings. The van der Waals surface area contributed by atoms with E-state index in [4.69, 9.17) is 5.11 Å². The van der Waals surface area contributed by atoms with E-state index in [2.05, 4.69) is 13.8 Å². The fraction of sp³-hybridized carbons (Fsp3) is 1.00. The Hall–Kier alpha value is -0.0400. The van der Waals surface area contributed by atoms with Gasteiger partial charge in [-0.3, -0.25) is 0 Å². The normalized spacial score (nSPS) is 7.09. The highest BCUT2D eigenvalue weighted by Crippen LogP contribution is 2.00. The van der Waals surface area contributed by atoms with Gasteiger partial charge in [0.15, 0.2) is 0 Å². The smallest absolute Gasteiger partial charge is 0.0319 e. The molecule has 1 heteroatoms. The van der Waals surface area contributed by atoms with Crippen LogP contribution in [0, 0.1) is 0 Å². The van der Waals surface area contributed by atoms with Crippen molar-refractivity contribution < 1.29 is 5.11 Å². The van der Waals surface area contributed by atoms with E-state index in [1.54, 1.807) is 0 Å². The Morgan fingerprint density at radius 2 is 1.00 bits per heavy atom. The summed E-state index contributed by atoms with van der Waals surface area (Å²) in [6.07, 6.45) is 7.01. The maximum absolute atomic E-state index is 7.00. The van der Waals surface area contributed by atoms with E-state index >= 15 is 0 Å². The zero-order valence-corrected chi connectivity index (χ0v) is 8.98. The average Bonchev–Trinajstić information content (AvgIpc) is 2.13. The molecule has 1 nitrogen and oxygen atoms in total. The highest BCUT2D eigenvalue weighted by atomic mass is 16.2. The molecule has 11 heavy (non-hydrogen) atoms. The third-order valence-electron chi connectivity index (χ3n) is 1.21. The first-order valence-electron chi connectivity index (χ1n) is 4.86. The van der Waals surface area contributed by atoms with Gasteiger partial charge in [-0.1, -0.05) is 59.8 Å². The van der Waals surface area contributed by atoms with Gasteiger partial charge in [-0.05, 0) is 0 Å². The molecule has 0 unspecified atom stereocenters. The molecule has 0 radical (unpaired) electrons. The number of hydrogen-bond acceptors (Lipinski definition) is 1. The van der Waals surface area contributed by atoms with Gasteiger partial charge in [-0.2, -0.15) is 0 Å². The standard InChI is InChI=1S/C7H16.C2H6.CH4O/c1-3-5-7-6-4-2;2*1-2/h3-7H2,1-2H3;1-2H3;2H,1H3. The van der Waals surface area contributed by atoms with E-state index in [1.165, 1.54) is 32.1 Å². The third kappa shape index (κ3) is 40.2. The molecule has 0 saturated heterocycles. The van der Waals surface area contributed by atoms with Crippen molar-refractivity contribution in [3.63, 3.8) is 0 Å². The Kier molecular flexibility index (Phi) is 50.7. The highest BCUT2D eigenvalue weighted by molar-refractivity contribution is 4.35. The van der Waals surface area contributed by atoms with Gasteiger partial charge in [-0.25, -0.2) is 0 Å². The van der Waals surface area contributed by atoms with E-state index < -0.39 is 0 Å². The summed E-state index contributed by atoms with van der Waals surface area (Å²) in [5.41, 5.74) is 0. The second kappa shape index (κ2) is 32.5. The Labute approximate surface area is 72.8 Å². The van der Waals surface area contributed by atoms with E-state index in [1.807, 2.05) is 13.8 Å². The zero-order valence-electron chi connectivity index (χ0n) is 8.98. The van der Waals surface area contributed by atoms with Crippen LogP contribution in [-0.2, 0) is 0 Å². The van der Waals surface area contributed by atoms with Crippen LogP contribution in [0.25, 0.3) is 0 Å².